The van der Waals surface area contributed by atoms with Crippen LogP contribution in [0.2, 0.25) is 0 Å². The minimum absolute atomic E-state index is 0.0369. The maximum Gasteiger partial charge on any atom is 0.265 e. The van der Waals surface area contributed by atoms with Gasteiger partial charge in [0.2, 0.25) is 5.78 Å². The molecule has 0 unspecified atom stereocenters. The average molecular weight is 524 g/mol. The van der Waals surface area contributed by atoms with Gasteiger partial charge >= 0.3 is 0 Å². The summed E-state index contributed by atoms with van der Waals surface area (Å²) in [6, 6.07) is 15.8. The smallest absolute Gasteiger partial charge is 0.265 e. The number of ketones is 1. The second-order valence-corrected chi connectivity index (χ2v) is 11.1. The maximum atomic E-state index is 14.1. The van der Waals surface area contributed by atoms with E-state index in [0.717, 1.165) is 40.3 Å². The quantitative estimate of drug-likeness (QED) is 0.478. The molecule has 10 heteroatoms. The van der Waals surface area contributed by atoms with Gasteiger partial charge in [0.25, 0.3) is 15.9 Å². The van der Waals surface area contributed by atoms with Crippen LogP contribution in [0.5, 0.6) is 0 Å². The molecule has 192 valence electrons. The van der Waals surface area contributed by atoms with E-state index in [4.69, 9.17) is 4.74 Å². The fourth-order valence-electron chi connectivity index (χ4n) is 4.58. The summed E-state index contributed by atoms with van der Waals surface area (Å²) in [7, 11) is -1.05. The predicted molar refractivity (Wildman–Crippen MR) is 137 cm³/mol. The fraction of sp³-hybridized carbons (Fsp3) is 0.259. The van der Waals surface area contributed by atoms with E-state index in [1.54, 1.807) is 23.1 Å². The molecule has 0 atom stereocenters. The van der Waals surface area contributed by atoms with Gasteiger partial charge in [-0.15, -0.1) is 0 Å². The first-order valence-electron chi connectivity index (χ1n) is 11.8. The maximum absolute atomic E-state index is 14.1. The van der Waals surface area contributed by atoms with Crippen LogP contribution in [0.1, 0.15) is 15.9 Å². The molecule has 0 N–H and O–H groups in total. The van der Waals surface area contributed by atoms with Crippen LogP contribution in [-0.2, 0) is 19.6 Å². The second kappa shape index (κ2) is 9.60. The Bertz CT molecular complexity index is 1540. The van der Waals surface area contributed by atoms with Crippen molar-refractivity contribution in [3.63, 3.8) is 0 Å². The third-order valence-corrected chi connectivity index (χ3v) is 8.58. The standard InChI is InChI=1S/C27H26FN3O5S/c1-29-11-13-31(14-12-29)24(32)17-36-27-22-10-9-21(28)16-23(22)37(34,35)30(2)25(27)26(33)20-8-7-18-5-3-4-6-19(18)15-20/h3-10,15-16H,11-14,17H2,1-2H3. The van der Waals surface area contributed by atoms with Crippen molar-refractivity contribution >= 4 is 38.2 Å². The third kappa shape index (κ3) is 4.58. The van der Waals surface area contributed by atoms with E-state index in [1.807, 2.05) is 31.3 Å². The highest BCUT2D eigenvalue weighted by atomic mass is 32.2. The van der Waals surface area contributed by atoms with Gasteiger partial charge in [0.15, 0.2) is 12.4 Å². The molecular formula is C27H26FN3O5S. The minimum atomic E-state index is -4.25. The number of fused-ring (bicyclic) bond motifs is 2. The summed E-state index contributed by atoms with van der Waals surface area (Å²) in [4.78, 5) is 30.1. The molecule has 0 radical (unpaired) electrons. The summed E-state index contributed by atoms with van der Waals surface area (Å²) in [5.74, 6) is -1.69. The van der Waals surface area contributed by atoms with Crippen molar-refractivity contribution in [2.45, 2.75) is 4.90 Å². The molecule has 2 heterocycles. The molecule has 0 aromatic heterocycles. The number of halogens is 1. The number of ether oxygens (including phenoxy) is 1. The van der Waals surface area contributed by atoms with E-state index in [0.29, 0.717) is 13.1 Å². The Hall–Kier alpha value is -3.76. The van der Waals surface area contributed by atoms with E-state index in [2.05, 4.69) is 4.90 Å². The van der Waals surface area contributed by atoms with E-state index in [1.165, 1.54) is 13.1 Å². The highest BCUT2D eigenvalue weighted by Crippen LogP contribution is 2.38. The number of sulfonamides is 1. The SMILES string of the molecule is CN1CCN(C(=O)COC2=C(C(=O)c3ccc4ccccc4c3)N(C)S(=O)(=O)c3cc(F)ccc32)CC1. The zero-order valence-electron chi connectivity index (χ0n) is 20.5. The zero-order valence-corrected chi connectivity index (χ0v) is 21.3. The van der Waals surface area contributed by atoms with E-state index in [-0.39, 0.29) is 33.4 Å². The molecule has 0 saturated carbocycles. The van der Waals surface area contributed by atoms with Crippen molar-refractivity contribution < 1.29 is 27.1 Å². The zero-order chi connectivity index (χ0) is 26.3. The molecule has 1 amide bonds. The number of hydrogen-bond acceptors (Lipinski definition) is 6. The lowest BCUT2D eigenvalue weighted by Crippen LogP contribution is -2.48. The molecule has 0 aliphatic carbocycles. The first kappa shape index (κ1) is 24.9. The van der Waals surface area contributed by atoms with Crippen molar-refractivity contribution in [2.75, 3.05) is 46.9 Å². The topological polar surface area (TPSA) is 87.2 Å². The van der Waals surface area contributed by atoms with E-state index >= 15 is 0 Å². The average Bonchev–Trinajstić information content (AvgIpc) is 2.90. The summed E-state index contributed by atoms with van der Waals surface area (Å²) in [5.41, 5.74) is 0.0585. The van der Waals surface area contributed by atoms with Gasteiger partial charge in [0.1, 0.15) is 16.4 Å². The number of piperazine rings is 1. The monoisotopic (exact) mass is 523 g/mol. The lowest BCUT2D eigenvalue weighted by molar-refractivity contribution is -0.135. The molecule has 1 fully saturated rings. The summed E-state index contributed by atoms with van der Waals surface area (Å²) < 4.78 is 47.4. The van der Waals surface area contributed by atoms with Gasteiger partial charge in [-0.05, 0) is 42.1 Å². The van der Waals surface area contributed by atoms with Crippen LogP contribution in [-0.4, -0.2) is 81.1 Å². The molecule has 5 rings (SSSR count). The minimum Gasteiger partial charge on any atom is -0.481 e. The number of amides is 1. The largest absolute Gasteiger partial charge is 0.481 e. The number of hydrogen-bond donors (Lipinski definition) is 0. The summed E-state index contributed by atoms with van der Waals surface area (Å²) >= 11 is 0. The molecular weight excluding hydrogens is 497 g/mol. The van der Waals surface area contributed by atoms with Gasteiger partial charge in [0, 0.05) is 44.4 Å². The number of carbonyl (C=O) groups excluding carboxylic acids is 2. The number of benzene rings is 3. The number of nitrogens with zero attached hydrogens (tertiary/aromatic N) is 3. The fourth-order valence-corrected chi connectivity index (χ4v) is 5.98. The number of rotatable bonds is 5. The van der Waals surface area contributed by atoms with Crippen molar-refractivity contribution in [1.82, 2.24) is 14.1 Å². The lowest BCUT2D eigenvalue weighted by Gasteiger charge is -2.33. The van der Waals surface area contributed by atoms with Crippen LogP contribution in [0.25, 0.3) is 16.5 Å². The molecule has 3 aromatic rings. The number of Topliss-reactive ketones (excluding diaryl/α,β-unsaturated/α-hetero) is 1. The van der Waals surface area contributed by atoms with Crippen molar-refractivity contribution in [3.8, 4) is 0 Å². The van der Waals surface area contributed by atoms with Gasteiger partial charge in [-0.25, -0.2) is 12.8 Å². The highest BCUT2D eigenvalue weighted by Gasteiger charge is 2.40. The van der Waals surface area contributed by atoms with Crippen LogP contribution in [0.4, 0.5) is 4.39 Å². The summed E-state index contributed by atoms with van der Waals surface area (Å²) in [6.45, 7) is 2.14. The second-order valence-electron chi connectivity index (χ2n) is 9.15. The molecule has 37 heavy (non-hydrogen) atoms. The third-order valence-electron chi connectivity index (χ3n) is 6.78. The van der Waals surface area contributed by atoms with Gasteiger partial charge in [0.05, 0.1) is 0 Å². The molecule has 3 aromatic carbocycles. The van der Waals surface area contributed by atoms with Crippen LogP contribution in [0, 0.1) is 5.82 Å². The predicted octanol–water partition coefficient (Wildman–Crippen LogP) is 2.96. The van der Waals surface area contributed by atoms with Gasteiger partial charge in [-0.2, -0.15) is 0 Å². The lowest BCUT2D eigenvalue weighted by atomic mass is 10.0. The Balaban J connectivity index is 1.58. The highest BCUT2D eigenvalue weighted by molar-refractivity contribution is 7.89. The Morgan fingerprint density at radius 1 is 0.919 bits per heavy atom. The molecule has 0 spiro atoms. The number of likely N-dealkylation sites (N-methyl/N-ethyl adjacent to an activating group) is 2. The normalized spacial score (nSPS) is 17.6. The van der Waals surface area contributed by atoms with Crippen LogP contribution >= 0.6 is 0 Å². The summed E-state index contributed by atoms with van der Waals surface area (Å²) in [6.07, 6.45) is 0. The molecule has 2 aliphatic rings. The Morgan fingerprint density at radius 2 is 1.62 bits per heavy atom. The molecule has 2 aliphatic heterocycles. The Labute approximate surface area is 214 Å². The number of allylic oxidation sites excluding steroid dienone is 1. The van der Waals surface area contributed by atoms with Gasteiger partial charge in [-0.3, -0.25) is 13.9 Å². The molecule has 8 nitrogen and oxygen atoms in total. The Kier molecular flexibility index (Phi) is 6.47. The van der Waals surface area contributed by atoms with Crippen molar-refractivity contribution in [1.29, 1.82) is 0 Å². The van der Waals surface area contributed by atoms with Crippen LogP contribution in [0.3, 0.4) is 0 Å². The van der Waals surface area contributed by atoms with Crippen molar-refractivity contribution in [3.05, 3.63) is 83.3 Å². The molecule has 0 bridgehead atoms. The first-order chi connectivity index (χ1) is 17.7. The van der Waals surface area contributed by atoms with E-state index < -0.39 is 28.2 Å². The summed E-state index contributed by atoms with van der Waals surface area (Å²) in [5, 5.41) is 1.73. The van der Waals surface area contributed by atoms with E-state index in [9.17, 15) is 22.4 Å². The molecule has 1 saturated heterocycles. The van der Waals surface area contributed by atoms with Gasteiger partial charge in [-0.1, -0.05) is 36.4 Å². The van der Waals surface area contributed by atoms with Crippen LogP contribution < -0.4 is 0 Å². The van der Waals surface area contributed by atoms with Crippen LogP contribution in [0.15, 0.2) is 71.3 Å². The Morgan fingerprint density at radius 3 is 2.35 bits per heavy atom. The van der Waals surface area contributed by atoms with Crippen molar-refractivity contribution in [2.24, 2.45) is 0 Å². The van der Waals surface area contributed by atoms with Gasteiger partial charge < -0.3 is 14.5 Å². The first-order valence-corrected chi connectivity index (χ1v) is 13.3. The number of carbonyl (C=O) groups is 2.